The topological polar surface area (TPSA) is 84.7 Å². The summed E-state index contributed by atoms with van der Waals surface area (Å²) in [4.78, 5) is 17.7. The van der Waals surface area contributed by atoms with E-state index in [2.05, 4.69) is 4.98 Å². The second kappa shape index (κ2) is 8.63. The number of rotatable bonds is 5. The molecule has 12 heteroatoms. The van der Waals surface area contributed by atoms with Crippen molar-refractivity contribution in [3.8, 4) is 0 Å². The number of hydrogen-bond donors (Lipinski definition) is 0. The molecule has 2 aliphatic heterocycles. The van der Waals surface area contributed by atoms with Crippen molar-refractivity contribution < 1.29 is 31.1 Å². The van der Waals surface area contributed by atoms with Gasteiger partial charge in [0.1, 0.15) is 12.1 Å². The van der Waals surface area contributed by atoms with E-state index >= 15 is 0 Å². The molecule has 1 amide bonds. The van der Waals surface area contributed by atoms with Gasteiger partial charge in [0.25, 0.3) is 10.0 Å². The van der Waals surface area contributed by atoms with Gasteiger partial charge in [-0.1, -0.05) is 60.7 Å². The van der Waals surface area contributed by atoms with Crippen LogP contribution in [-0.4, -0.2) is 64.7 Å². The van der Waals surface area contributed by atoms with E-state index in [4.69, 9.17) is 4.74 Å². The number of carbonyl (C=O) groups excluding carboxylic acids is 1. The highest BCUT2D eigenvalue weighted by molar-refractivity contribution is 7.89. The summed E-state index contributed by atoms with van der Waals surface area (Å²) < 4.78 is 78.6. The van der Waals surface area contributed by atoms with Gasteiger partial charge in [-0.3, -0.25) is 4.90 Å². The van der Waals surface area contributed by atoms with Crippen molar-refractivity contribution in [3.63, 3.8) is 0 Å². The summed E-state index contributed by atoms with van der Waals surface area (Å²) in [5, 5.41) is -0.221. The molecule has 0 N–H and O–H groups in total. The van der Waals surface area contributed by atoms with Gasteiger partial charge in [-0.25, -0.2) is 18.2 Å². The largest absolute Gasteiger partial charge is 0.447 e. The Balaban J connectivity index is 1.66. The summed E-state index contributed by atoms with van der Waals surface area (Å²) in [6.45, 7) is -0.912. The van der Waals surface area contributed by atoms with Crippen LogP contribution in [0.2, 0.25) is 0 Å². The summed E-state index contributed by atoms with van der Waals surface area (Å²) in [6, 6.07) is 13.4. The Kier molecular flexibility index (Phi) is 5.83. The fraction of sp³-hybridized carbons (Fsp3) is 0.333. The Bertz CT molecular complexity index is 1360. The van der Waals surface area contributed by atoms with Crippen LogP contribution in [0, 0.1) is 0 Å². The van der Waals surface area contributed by atoms with Gasteiger partial charge < -0.3 is 9.30 Å². The van der Waals surface area contributed by atoms with Crippen LogP contribution in [0.15, 0.2) is 78.2 Å². The van der Waals surface area contributed by atoms with Crippen molar-refractivity contribution in [3.05, 3.63) is 84.3 Å². The maximum absolute atomic E-state index is 14.6. The number of benzene rings is 2. The minimum absolute atomic E-state index is 0.138. The van der Waals surface area contributed by atoms with Crippen LogP contribution in [-0.2, 0) is 21.8 Å². The smallest absolute Gasteiger partial charge is 0.413 e. The van der Waals surface area contributed by atoms with Crippen LogP contribution in [0.3, 0.4) is 0 Å². The van der Waals surface area contributed by atoms with Gasteiger partial charge in [0.05, 0.1) is 6.33 Å². The number of carbonyl (C=O) groups is 1. The monoisotopic (exact) mass is 520 g/mol. The molecule has 2 saturated heterocycles. The van der Waals surface area contributed by atoms with Crippen molar-refractivity contribution in [1.82, 2.24) is 18.8 Å². The zero-order valence-corrected chi connectivity index (χ0v) is 20.0. The number of ether oxygens (including phenoxy) is 1. The molecule has 3 aromatic rings. The number of halogens is 3. The van der Waals surface area contributed by atoms with E-state index in [1.807, 2.05) is 0 Å². The molecule has 3 unspecified atom stereocenters. The molecule has 8 nitrogen and oxygen atoms in total. The first kappa shape index (κ1) is 24.3. The fourth-order valence-electron chi connectivity index (χ4n) is 5.17. The van der Waals surface area contributed by atoms with E-state index in [-0.39, 0.29) is 30.3 Å². The van der Waals surface area contributed by atoms with Crippen LogP contribution < -0.4 is 0 Å². The molecule has 1 aromatic heterocycles. The number of cyclic esters (lactones) is 1. The molecule has 36 heavy (non-hydrogen) atoms. The normalized spacial score (nSPS) is 23.8. The van der Waals surface area contributed by atoms with Crippen LogP contribution in [0.5, 0.6) is 0 Å². The standard InChI is InChI=1S/C24H23F3N4O4S/c1-29-13-20(28-16-29)36(33,34)30-12-19(17-8-4-2-5-9-17)23(14-30)15-35-22(32)31(23)21(24(25,26)27)18-10-6-3-7-11-18/h2-11,13,16,19,21H,12,14-15H2,1H3. The minimum Gasteiger partial charge on any atom is -0.447 e. The predicted molar refractivity (Wildman–Crippen MR) is 122 cm³/mol. The number of hydrogen-bond acceptors (Lipinski definition) is 5. The number of nitrogens with zero attached hydrogens (tertiary/aromatic N) is 4. The number of aryl methyl sites for hydroxylation is 1. The van der Waals surface area contributed by atoms with Crippen LogP contribution in [0.25, 0.3) is 0 Å². The Morgan fingerprint density at radius 3 is 2.31 bits per heavy atom. The number of aromatic nitrogens is 2. The van der Waals surface area contributed by atoms with Crippen molar-refractivity contribution in [2.75, 3.05) is 19.7 Å². The van der Waals surface area contributed by atoms with Gasteiger partial charge in [-0.05, 0) is 11.1 Å². The highest BCUT2D eigenvalue weighted by Crippen LogP contribution is 2.52. The van der Waals surface area contributed by atoms with Crippen molar-refractivity contribution in [1.29, 1.82) is 0 Å². The molecule has 0 bridgehead atoms. The molecule has 190 valence electrons. The lowest BCUT2D eigenvalue weighted by Gasteiger charge is -2.41. The fourth-order valence-corrected chi connectivity index (χ4v) is 6.66. The molecule has 2 aromatic carbocycles. The van der Waals surface area contributed by atoms with Crippen LogP contribution in [0.1, 0.15) is 23.1 Å². The highest BCUT2D eigenvalue weighted by atomic mass is 32.2. The zero-order valence-electron chi connectivity index (χ0n) is 19.2. The third-order valence-corrected chi connectivity index (χ3v) is 8.48. The van der Waals surface area contributed by atoms with Crippen LogP contribution in [0.4, 0.5) is 18.0 Å². The molecular formula is C24H23F3N4O4S. The number of sulfonamides is 1. The van der Waals surface area contributed by atoms with Crippen molar-refractivity contribution >= 4 is 16.1 Å². The van der Waals surface area contributed by atoms with E-state index in [9.17, 15) is 26.4 Å². The Hall–Kier alpha value is -3.38. The molecule has 0 radical (unpaired) electrons. The average molecular weight is 521 g/mol. The third kappa shape index (κ3) is 3.94. The van der Waals surface area contributed by atoms with Gasteiger partial charge in [0, 0.05) is 32.3 Å². The quantitative estimate of drug-likeness (QED) is 0.512. The Labute approximate surface area is 206 Å². The van der Waals surface area contributed by atoms with E-state index < -0.39 is 39.8 Å². The highest BCUT2D eigenvalue weighted by Gasteiger charge is 2.65. The van der Waals surface area contributed by atoms with E-state index in [0.29, 0.717) is 10.5 Å². The van der Waals surface area contributed by atoms with Gasteiger partial charge in [0.15, 0.2) is 11.1 Å². The molecule has 2 aliphatic rings. The first-order valence-electron chi connectivity index (χ1n) is 11.1. The first-order valence-corrected chi connectivity index (χ1v) is 12.6. The summed E-state index contributed by atoms with van der Waals surface area (Å²) in [6.07, 6.45) is -3.32. The van der Waals surface area contributed by atoms with Gasteiger partial charge >= 0.3 is 12.3 Å². The minimum atomic E-state index is -4.84. The average Bonchev–Trinajstić information content (AvgIpc) is 3.54. The molecule has 5 rings (SSSR count). The van der Waals surface area contributed by atoms with Gasteiger partial charge in [0.2, 0.25) is 0 Å². The molecule has 3 atom stereocenters. The van der Waals surface area contributed by atoms with Crippen molar-refractivity contribution in [2.24, 2.45) is 7.05 Å². The van der Waals surface area contributed by atoms with E-state index in [1.165, 1.54) is 41.4 Å². The molecule has 1 spiro atoms. The lowest BCUT2D eigenvalue weighted by atomic mass is 9.80. The van der Waals surface area contributed by atoms with Crippen molar-refractivity contribution in [2.45, 2.75) is 28.7 Å². The predicted octanol–water partition coefficient (Wildman–Crippen LogP) is 3.70. The lowest BCUT2D eigenvalue weighted by molar-refractivity contribution is -0.187. The van der Waals surface area contributed by atoms with E-state index in [1.54, 1.807) is 43.4 Å². The zero-order chi connectivity index (χ0) is 25.7. The number of imidazole rings is 1. The maximum atomic E-state index is 14.6. The second-order valence-electron chi connectivity index (χ2n) is 9.02. The third-order valence-electron chi connectivity index (χ3n) is 6.78. The Morgan fingerprint density at radius 1 is 1.08 bits per heavy atom. The molecular weight excluding hydrogens is 497 g/mol. The van der Waals surface area contributed by atoms with Gasteiger partial charge in [-0.15, -0.1) is 0 Å². The number of amides is 1. The first-order chi connectivity index (χ1) is 17.0. The maximum Gasteiger partial charge on any atom is 0.413 e. The molecule has 0 saturated carbocycles. The Morgan fingerprint density at radius 2 is 1.72 bits per heavy atom. The SMILES string of the molecule is Cn1cnc(S(=O)(=O)N2CC(c3ccccc3)C3(COC(=O)N3C(c3ccccc3)C(F)(F)F)C2)c1. The molecule has 2 fully saturated rings. The second-order valence-corrected chi connectivity index (χ2v) is 10.9. The van der Waals surface area contributed by atoms with Crippen LogP contribution >= 0.6 is 0 Å². The lowest BCUT2D eigenvalue weighted by Crippen LogP contribution is -2.56. The summed E-state index contributed by atoms with van der Waals surface area (Å²) in [5.41, 5.74) is -1.13. The summed E-state index contributed by atoms with van der Waals surface area (Å²) in [7, 11) is -2.55. The summed E-state index contributed by atoms with van der Waals surface area (Å²) in [5.74, 6) is -0.780. The summed E-state index contributed by atoms with van der Waals surface area (Å²) >= 11 is 0. The van der Waals surface area contributed by atoms with Gasteiger partial charge in [-0.2, -0.15) is 17.5 Å². The molecule has 0 aliphatic carbocycles. The van der Waals surface area contributed by atoms with E-state index in [0.717, 1.165) is 4.31 Å². The molecule has 3 heterocycles. The number of alkyl halides is 3.